The van der Waals surface area contributed by atoms with E-state index in [1.165, 1.54) is 13.1 Å². The number of imide groups is 2. The Bertz CT molecular complexity index is 758. The van der Waals surface area contributed by atoms with Crippen LogP contribution in [0.2, 0.25) is 0 Å². The van der Waals surface area contributed by atoms with Gasteiger partial charge >= 0.3 is 6.03 Å². The van der Waals surface area contributed by atoms with Gasteiger partial charge in [0.1, 0.15) is 17.5 Å². The number of carbonyl (C=O) groups is 4. The molecule has 0 radical (unpaired) electrons. The molecule has 2 rings (SSSR count). The molecule has 0 saturated carbocycles. The van der Waals surface area contributed by atoms with Gasteiger partial charge in [0.25, 0.3) is 0 Å². The Morgan fingerprint density at radius 2 is 1.81 bits per heavy atom. The molecule has 0 N–H and O–H groups in total. The van der Waals surface area contributed by atoms with Crippen molar-refractivity contribution in [3.05, 3.63) is 42.5 Å². The van der Waals surface area contributed by atoms with Crippen molar-refractivity contribution in [2.75, 3.05) is 14.2 Å². The summed E-state index contributed by atoms with van der Waals surface area (Å²) in [5, 5.41) is 0. The zero-order chi connectivity index (χ0) is 20.2. The summed E-state index contributed by atoms with van der Waals surface area (Å²) in [4.78, 5) is 51.9. The molecule has 2 atom stereocenters. The van der Waals surface area contributed by atoms with Crippen LogP contribution in [-0.4, -0.2) is 48.1 Å². The molecule has 144 valence electrons. The Hall–Kier alpha value is -2.96. The van der Waals surface area contributed by atoms with Crippen molar-refractivity contribution < 1.29 is 23.9 Å². The first-order chi connectivity index (χ1) is 12.8. The summed E-state index contributed by atoms with van der Waals surface area (Å²) in [6.07, 6.45) is 2.24. The minimum Gasteiger partial charge on any atom is -0.497 e. The van der Waals surface area contributed by atoms with Crippen LogP contribution in [0.5, 0.6) is 5.75 Å². The number of rotatable bonds is 8. The van der Waals surface area contributed by atoms with E-state index in [4.69, 9.17) is 4.74 Å². The highest BCUT2D eigenvalue weighted by Gasteiger charge is 2.58. The summed E-state index contributed by atoms with van der Waals surface area (Å²) < 4.78 is 5.11. The lowest BCUT2D eigenvalue weighted by molar-refractivity contribution is -0.162. The third-order valence-corrected chi connectivity index (χ3v) is 5.09. The predicted octanol–water partition coefficient (Wildman–Crippen LogP) is 2.40. The van der Waals surface area contributed by atoms with Gasteiger partial charge in [0.2, 0.25) is 11.8 Å². The Morgan fingerprint density at radius 3 is 2.33 bits per heavy atom. The number of amides is 4. The second-order valence-electron chi connectivity index (χ2n) is 6.65. The Morgan fingerprint density at radius 1 is 1.19 bits per heavy atom. The SMILES string of the molecule is C=CC[C@]1(C(C)CC=O)C(=O)N(C)C(=O)N(Cc2ccc(OC)cc2)C1=O. The van der Waals surface area contributed by atoms with Gasteiger partial charge in [0.05, 0.1) is 13.7 Å². The van der Waals surface area contributed by atoms with Gasteiger partial charge in [-0.05, 0) is 30.0 Å². The number of hydrogen-bond donors (Lipinski definition) is 0. The van der Waals surface area contributed by atoms with E-state index in [1.807, 2.05) is 0 Å². The van der Waals surface area contributed by atoms with Crippen LogP contribution in [0.1, 0.15) is 25.3 Å². The molecule has 1 aromatic rings. The van der Waals surface area contributed by atoms with Crippen LogP contribution in [0.15, 0.2) is 36.9 Å². The average Bonchev–Trinajstić information content (AvgIpc) is 2.67. The third-order valence-electron chi connectivity index (χ3n) is 5.09. The molecule has 0 bridgehead atoms. The van der Waals surface area contributed by atoms with Gasteiger partial charge < -0.3 is 9.53 Å². The number of barbiturate groups is 1. The van der Waals surface area contributed by atoms with Crippen LogP contribution in [0, 0.1) is 11.3 Å². The first-order valence-electron chi connectivity index (χ1n) is 8.65. The molecule has 7 nitrogen and oxygen atoms in total. The van der Waals surface area contributed by atoms with E-state index in [2.05, 4.69) is 6.58 Å². The molecule has 1 unspecified atom stereocenters. The minimum atomic E-state index is -1.52. The number of benzene rings is 1. The lowest BCUT2D eigenvalue weighted by atomic mass is 9.69. The summed E-state index contributed by atoms with van der Waals surface area (Å²) in [5.41, 5.74) is -0.798. The lowest BCUT2D eigenvalue weighted by Gasteiger charge is -2.45. The molecule has 1 aliphatic heterocycles. The predicted molar refractivity (Wildman–Crippen MR) is 98.8 cm³/mol. The highest BCUT2D eigenvalue weighted by atomic mass is 16.5. The third kappa shape index (κ3) is 3.49. The van der Waals surface area contributed by atoms with Crippen molar-refractivity contribution in [2.24, 2.45) is 11.3 Å². The average molecular weight is 372 g/mol. The first kappa shape index (κ1) is 20.4. The van der Waals surface area contributed by atoms with E-state index in [1.54, 1.807) is 38.3 Å². The highest BCUT2D eigenvalue weighted by Crippen LogP contribution is 2.41. The van der Waals surface area contributed by atoms with Gasteiger partial charge in [-0.15, -0.1) is 6.58 Å². The van der Waals surface area contributed by atoms with Crippen molar-refractivity contribution in [1.82, 2.24) is 9.80 Å². The number of hydrogen-bond acceptors (Lipinski definition) is 5. The molecule has 1 fully saturated rings. The Labute approximate surface area is 158 Å². The molecule has 1 heterocycles. The topological polar surface area (TPSA) is 84.0 Å². The molecule has 27 heavy (non-hydrogen) atoms. The molecule has 0 aliphatic carbocycles. The van der Waals surface area contributed by atoms with E-state index in [9.17, 15) is 19.2 Å². The molecule has 1 aliphatic rings. The van der Waals surface area contributed by atoms with Crippen LogP contribution in [0.25, 0.3) is 0 Å². The number of aldehydes is 1. The van der Waals surface area contributed by atoms with Gasteiger partial charge in [-0.25, -0.2) is 4.79 Å². The van der Waals surface area contributed by atoms with Crippen molar-refractivity contribution in [1.29, 1.82) is 0 Å². The van der Waals surface area contributed by atoms with Crippen molar-refractivity contribution in [3.63, 3.8) is 0 Å². The number of nitrogens with zero attached hydrogens (tertiary/aromatic N) is 2. The zero-order valence-electron chi connectivity index (χ0n) is 15.8. The summed E-state index contributed by atoms with van der Waals surface area (Å²) in [6.45, 7) is 5.34. The Balaban J connectivity index is 2.45. The van der Waals surface area contributed by atoms with Gasteiger partial charge in [-0.2, -0.15) is 0 Å². The molecule has 1 saturated heterocycles. The summed E-state index contributed by atoms with van der Waals surface area (Å²) >= 11 is 0. The maximum Gasteiger partial charge on any atom is 0.333 e. The number of urea groups is 1. The van der Waals surface area contributed by atoms with E-state index < -0.39 is 29.2 Å². The standard InChI is InChI=1S/C20H24N2O5/c1-5-11-20(14(2)10-12-23)17(24)21(3)19(26)22(18(20)25)13-15-6-8-16(27-4)9-7-15/h5-9,12,14H,1,10-11,13H2,2-4H3/t14?,20-/m0/s1. The lowest BCUT2D eigenvalue weighted by Crippen LogP contribution is -2.65. The molecule has 0 aromatic heterocycles. The largest absolute Gasteiger partial charge is 0.497 e. The molecular weight excluding hydrogens is 348 g/mol. The minimum absolute atomic E-state index is 0.0198. The van der Waals surface area contributed by atoms with Crippen molar-refractivity contribution in [3.8, 4) is 5.75 Å². The van der Waals surface area contributed by atoms with Gasteiger partial charge in [-0.1, -0.05) is 25.1 Å². The zero-order valence-corrected chi connectivity index (χ0v) is 15.8. The summed E-state index contributed by atoms with van der Waals surface area (Å²) in [7, 11) is 2.90. The molecule has 7 heteroatoms. The summed E-state index contributed by atoms with van der Waals surface area (Å²) in [6, 6.07) is 6.28. The second-order valence-corrected chi connectivity index (χ2v) is 6.65. The van der Waals surface area contributed by atoms with Crippen LogP contribution in [-0.2, 0) is 20.9 Å². The Kier molecular flexibility index (Phi) is 6.15. The fraction of sp³-hybridized carbons (Fsp3) is 0.400. The van der Waals surface area contributed by atoms with E-state index >= 15 is 0 Å². The maximum absolute atomic E-state index is 13.3. The van der Waals surface area contributed by atoms with E-state index in [0.717, 1.165) is 15.4 Å². The smallest absolute Gasteiger partial charge is 0.333 e. The van der Waals surface area contributed by atoms with Gasteiger partial charge in [0.15, 0.2) is 0 Å². The second kappa shape index (κ2) is 8.16. The van der Waals surface area contributed by atoms with Crippen LogP contribution < -0.4 is 4.74 Å². The number of methoxy groups -OCH3 is 1. The molecule has 1 aromatic carbocycles. The quantitative estimate of drug-likeness (QED) is 0.397. The monoisotopic (exact) mass is 372 g/mol. The first-order valence-corrected chi connectivity index (χ1v) is 8.65. The van der Waals surface area contributed by atoms with Crippen LogP contribution >= 0.6 is 0 Å². The number of carbonyl (C=O) groups excluding carboxylic acids is 4. The van der Waals surface area contributed by atoms with Crippen molar-refractivity contribution >= 4 is 24.1 Å². The van der Waals surface area contributed by atoms with Crippen LogP contribution in [0.3, 0.4) is 0 Å². The van der Waals surface area contributed by atoms with E-state index in [0.29, 0.717) is 12.0 Å². The van der Waals surface area contributed by atoms with Crippen molar-refractivity contribution in [2.45, 2.75) is 26.3 Å². The van der Waals surface area contributed by atoms with Gasteiger partial charge in [-0.3, -0.25) is 19.4 Å². The van der Waals surface area contributed by atoms with Gasteiger partial charge in [0, 0.05) is 13.5 Å². The maximum atomic E-state index is 13.3. The fourth-order valence-electron chi connectivity index (χ4n) is 3.41. The van der Waals surface area contributed by atoms with Crippen LogP contribution in [0.4, 0.5) is 4.79 Å². The van der Waals surface area contributed by atoms with E-state index in [-0.39, 0.29) is 19.4 Å². The molecule has 4 amide bonds. The fourth-order valence-corrected chi connectivity index (χ4v) is 3.41. The number of allylic oxidation sites excluding steroid dienone is 1. The molecule has 0 spiro atoms. The highest BCUT2D eigenvalue weighted by molar-refractivity contribution is 6.19. The number of ether oxygens (including phenoxy) is 1. The molecular formula is C20H24N2O5. The summed E-state index contributed by atoms with van der Waals surface area (Å²) in [5.74, 6) is -1.11. The normalized spacial score (nSPS) is 21.2.